The highest BCUT2D eigenvalue weighted by molar-refractivity contribution is 5.85. The summed E-state index contributed by atoms with van der Waals surface area (Å²) in [6.07, 6.45) is 6.43. The molecule has 2 aliphatic carbocycles. The molecule has 0 saturated heterocycles. The number of carbonyl (C=O) groups excluding carboxylic acids is 1. The zero-order valence-corrected chi connectivity index (χ0v) is 15.8. The molecule has 0 aliphatic heterocycles. The van der Waals surface area contributed by atoms with Gasteiger partial charge in [0.25, 0.3) is 0 Å². The maximum Gasteiger partial charge on any atom is 0.303 e. The molecule has 0 bridgehead atoms. The Morgan fingerprint density at radius 3 is 2.33 bits per heavy atom. The Hall–Kier alpha value is -1.72. The van der Waals surface area contributed by atoms with Gasteiger partial charge in [-0.3, -0.25) is 9.59 Å². The van der Waals surface area contributed by atoms with Gasteiger partial charge < -0.3 is 15.3 Å². The maximum atomic E-state index is 12.4. The molecule has 1 aromatic carbocycles. The summed E-state index contributed by atoms with van der Waals surface area (Å²) in [6, 6.07) is 7.79. The Balaban J connectivity index is 1.58. The number of hydrogen-bond acceptors (Lipinski definition) is 4. The summed E-state index contributed by atoms with van der Waals surface area (Å²) in [6.45, 7) is 0. The van der Waals surface area contributed by atoms with Gasteiger partial charge in [-0.2, -0.15) is 0 Å². The Kier molecular flexibility index (Phi) is 6.33. The Labute approximate surface area is 160 Å². The number of carboxylic acids is 1. The fourth-order valence-electron chi connectivity index (χ4n) is 4.56. The van der Waals surface area contributed by atoms with Crippen LogP contribution in [-0.2, 0) is 15.2 Å². The molecule has 3 rings (SSSR count). The number of carbonyl (C=O) groups is 2. The predicted octanol–water partition coefficient (Wildman–Crippen LogP) is 3.52. The van der Waals surface area contributed by atoms with Gasteiger partial charge in [0.2, 0.25) is 0 Å². The molecule has 0 amide bonds. The minimum Gasteiger partial charge on any atom is -0.481 e. The van der Waals surface area contributed by atoms with Gasteiger partial charge in [0.15, 0.2) is 0 Å². The summed E-state index contributed by atoms with van der Waals surface area (Å²) in [5.74, 6) is -0.988. The summed E-state index contributed by atoms with van der Waals surface area (Å²) in [7, 11) is 0. The third-order valence-electron chi connectivity index (χ3n) is 6.34. The fraction of sp³-hybridized carbons (Fsp3) is 0.636. The number of Topliss-reactive ketones (excluding diaryl/α,β-unsaturated/α-hetero) is 1. The minimum atomic E-state index is -0.765. The lowest BCUT2D eigenvalue weighted by molar-refractivity contribution is -0.137. The number of unbranched alkanes of at least 4 members (excludes halogenated alkanes) is 3. The highest BCUT2D eigenvalue weighted by Crippen LogP contribution is 2.43. The smallest absolute Gasteiger partial charge is 0.303 e. The van der Waals surface area contributed by atoms with Gasteiger partial charge in [0.1, 0.15) is 5.78 Å². The molecule has 2 aliphatic rings. The van der Waals surface area contributed by atoms with Crippen LogP contribution in [0.1, 0.15) is 81.3 Å². The van der Waals surface area contributed by atoms with Crippen molar-refractivity contribution in [2.45, 2.75) is 81.8 Å². The SMILES string of the molecule is O=C(O)CCCCCC[C@H]1C(=O)C[C@@H](O)[C@@H]1c1ccc(C2(O)CCC2)cc1. The summed E-state index contributed by atoms with van der Waals surface area (Å²) >= 11 is 0. The highest BCUT2D eigenvalue weighted by Gasteiger charge is 2.42. The quantitative estimate of drug-likeness (QED) is 0.575. The standard InChI is InChI=1S/C22H30O5/c23-18-14-19(24)21(17(18)6-3-1-2-4-7-20(25)26)15-8-10-16(11-9-15)22(27)12-5-13-22/h8-11,17,19,21,24,27H,1-7,12-14H2,(H,25,26)/t17-,19+,21+/m0/s1. The highest BCUT2D eigenvalue weighted by atomic mass is 16.4. The zero-order valence-electron chi connectivity index (χ0n) is 15.8. The van der Waals surface area contributed by atoms with E-state index >= 15 is 0 Å². The molecule has 27 heavy (non-hydrogen) atoms. The molecule has 0 aromatic heterocycles. The molecule has 0 spiro atoms. The van der Waals surface area contributed by atoms with E-state index in [1.807, 2.05) is 24.3 Å². The number of carboxylic acid groups (broad SMARTS) is 1. The average molecular weight is 374 g/mol. The van der Waals surface area contributed by atoms with Crippen LogP contribution in [0.15, 0.2) is 24.3 Å². The van der Waals surface area contributed by atoms with Gasteiger partial charge in [0, 0.05) is 24.7 Å². The monoisotopic (exact) mass is 374 g/mol. The number of aliphatic hydroxyl groups is 2. The maximum absolute atomic E-state index is 12.4. The van der Waals surface area contributed by atoms with Crippen LogP contribution < -0.4 is 0 Å². The number of aliphatic carboxylic acids is 1. The fourth-order valence-corrected chi connectivity index (χ4v) is 4.56. The minimum absolute atomic E-state index is 0.125. The van der Waals surface area contributed by atoms with Gasteiger partial charge in [-0.1, -0.05) is 43.5 Å². The second kappa shape index (κ2) is 8.53. The summed E-state index contributed by atoms with van der Waals surface area (Å²) in [5.41, 5.74) is 1.19. The van der Waals surface area contributed by atoms with E-state index < -0.39 is 17.7 Å². The van der Waals surface area contributed by atoms with Crippen molar-refractivity contribution in [2.75, 3.05) is 0 Å². The van der Waals surface area contributed by atoms with E-state index in [2.05, 4.69) is 0 Å². The van der Waals surface area contributed by atoms with Crippen LogP contribution in [0.2, 0.25) is 0 Å². The molecule has 2 saturated carbocycles. The van der Waals surface area contributed by atoms with Crippen molar-refractivity contribution in [3.05, 3.63) is 35.4 Å². The van der Waals surface area contributed by atoms with Gasteiger partial charge in [-0.15, -0.1) is 0 Å². The second-order valence-electron chi connectivity index (χ2n) is 8.22. The van der Waals surface area contributed by atoms with Crippen LogP contribution in [-0.4, -0.2) is 33.2 Å². The Morgan fingerprint density at radius 1 is 1.07 bits per heavy atom. The molecule has 0 heterocycles. The van der Waals surface area contributed by atoms with Gasteiger partial charge in [-0.05, 0) is 43.2 Å². The van der Waals surface area contributed by atoms with E-state index in [4.69, 9.17) is 5.11 Å². The van der Waals surface area contributed by atoms with Crippen molar-refractivity contribution < 1.29 is 24.9 Å². The first kappa shape index (κ1) is 20.0. The van der Waals surface area contributed by atoms with Crippen molar-refractivity contribution in [1.29, 1.82) is 0 Å². The van der Waals surface area contributed by atoms with Crippen molar-refractivity contribution in [2.24, 2.45) is 5.92 Å². The molecule has 3 atom stereocenters. The van der Waals surface area contributed by atoms with E-state index in [-0.39, 0.29) is 30.5 Å². The van der Waals surface area contributed by atoms with E-state index in [0.717, 1.165) is 56.1 Å². The Morgan fingerprint density at radius 2 is 1.74 bits per heavy atom. The molecule has 0 unspecified atom stereocenters. The van der Waals surface area contributed by atoms with E-state index in [1.165, 1.54) is 0 Å². The summed E-state index contributed by atoms with van der Waals surface area (Å²) in [4.78, 5) is 22.9. The zero-order chi connectivity index (χ0) is 19.4. The third kappa shape index (κ3) is 4.58. The Bertz CT molecular complexity index is 662. The number of rotatable bonds is 9. The second-order valence-corrected chi connectivity index (χ2v) is 8.22. The first-order chi connectivity index (χ1) is 12.9. The van der Waals surface area contributed by atoms with Crippen LogP contribution in [0.25, 0.3) is 0 Å². The van der Waals surface area contributed by atoms with Gasteiger partial charge in [0.05, 0.1) is 11.7 Å². The third-order valence-corrected chi connectivity index (χ3v) is 6.34. The number of benzene rings is 1. The van der Waals surface area contributed by atoms with E-state index in [9.17, 15) is 19.8 Å². The molecule has 5 nitrogen and oxygen atoms in total. The van der Waals surface area contributed by atoms with Crippen molar-refractivity contribution in [3.63, 3.8) is 0 Å². The first-order valence-corrected chi connectivity index (χ1v) is 10.2. The lowest BCUT2D eigenvalue weighted by atomic mass is 9.74. The topological polar surface area (TPSA) is 94.8 Å². The molecule has 1 aromatic rings. The van der Waals surface area contributed by atoms with Crippen LogP contribution >= 0.6 is 0 Å². The van der Waals surface area contributed by atoms with E-state index in [0.29, 0.717) is 6.42 Å². The molecular weight excluding hydrogens is 344 g/mol. The lowest BCUT2D eigenvalue weighted by Gasteiger charge is -2.37. The lowest BCUT2D eigenvalue weighted by Crippen LogP contribution is -2.33. The van der Waals surface area contributed by atoms with Crippen LogP contribution in [0.4, 0.5) is 0 Å². The summed E-state index contributed by atoms with van der Waals surface area (Å²) in [5, 5.41) is 29.6. The van der Waals surface area contributed by atoms with Crippen LogP contribution in [0.5, 0.6) is 0 Å². The molecule has 2 fully saturated rings. The number of ketones is 1. The number of hydrogen-bond donors (Lipinski definition) is 3. The van der Waals surface area contributed by atoms with E-state index in [1.54, 1.807) is 0 Å². The predicted molar refractivity (Wildman–Crippen MR) is 101 cm³/mol. The van der Waals surface area contributed by atoms with Crippen molar-refractivity contribution >= 4 is 11.8 Å². The largest absolute Gasteiger partial charge is 0.481 e. The van der Waals surface area contributed by atoms with Crippen molar-refractivity contribution in [1.82, 2.24) is 0 Å². The van der Waals surface area contributed by atoms with Gasteiger partial charge in [-0.25, -0.2) is 0 Å². The molecule has 3 N–H and O–H groups in total. The molecule has 148 valence electrons. The summed E-state index contributed by atoms with van der Waals surface area (Å²) < 4.78 is 0. The molecule has 0 radical (unpaired) electrons. The van der Waals surface area contributed by atoms with Crippen LogP contribution in [0.3, 0.4) is 0 Å². The number of aliphatic hydroxyl groups excluding tert-OH is 1. The van der Waals surface area contributed by atoms with Gasteiger partial charge >= 0.3 is 5.97 Å². The van der Waals surface area contributed by atoms with Crippen LogP contribution in [0, 0.1) is 5.92 Å². The normalized spacial score (nSPS) is 26.7. The first-order valence-electron chi connectivity index (χ1n) is 10.2. The molecule has 5 heteroatoms. The average Bonchev–Trinajstić information content (AvgIpc) is 2.89. The van der Waals surface area contributed by atoms with Crippen molar-refractivity contribution in [3.8, 4) is 0 Å². The molecular formula is C22H30O5.